The van der Waals surface area contributed by atoms with Crippen molar-refractivity contribution in [3.63, 3.8) is 0 Å². The van der Waals surface area contributed by atoms with Crippen LogP contribution in [0.25, 0.3) is 0 Å². The average Bonchev–Trinajstić information content (AvgIpc) is 3.24. The van der Waals surface area contributed by atoms with Crippen molar-refractivity contribution in [2.45, 2.75) is 38.6 Å². The van der Waals surface area contributed by atoms with Crippen molar-refractivity contribution in [3.05, 3.63) is 82.6 Å². The van der Waals surface area contributed by atoms with E-state index in [1.54, 1.807) is 12.3 Å². The second-order valence-corrected chi connectivity index (χ2v) is 8.77. The number of para-hydroxylation sites is 1. The standard InChI is InChI=1S/C26H27ClN2O3/c1-18(2)21-6-3-4-8-25(21)32-20-9-10-22(26(14-20)31-17-30)19-11-13-29(15-19)16-24-23(27)7-5-12-28-24/h3-10,12,14,17-19H,11,13,15-16H2,1-2H3. The highest BCUT2D eigenvalue weighted by Gasteiger charge is 2.27. The molecule has 5 nitrogen and oxygen atoms in total. The average molecular weight is 451 g/mol. The molecule has 0 amide bonds. The third-order valence-electron chi connectivity index (χ3n) is 5.85. The van der Waals surface area contributed by atoms with Gasteiger partial charge in [-0.25, -0.2) is 0 Å². The van der Waals surface area contributed by atoms with E-state index in [0.717, 1.165) is 42.1 Å². The van der Waals surface area contributed by atoms with Crippen molar-refractivity contribution in [1.29, 1.82) is 0 Å². The van der Waals surface area contributed by atoms with Crippen molar-refractivity contribution >= 4 is 18.1 Å². The van der Waals surface area contributed by atoms with Gasteiger partial charge in [0.25, 0.3) is 6.47 Å². The number of carbonyl (C=O) groups is 1. The van der Waals surface area contributed by atoms with Crippen LogP contribution >= 0.6 is 11.6 Å². The van der Waals surface area contributed by atoms with Gasteiger partial charge in [0.15, 0.2) is 0 Å². The highest BCUT2D eigenvalue weighted by atomic mass is 35.5. The molecule has 0 radical (unpaired) electrons. The molecule has 4 rings (SSSR count). The lowest BCUT2D eigenvalue weighted by Crippen LogP contribution is -2.20. The summed E-state index contributed by atoms with van der Waals surface area (Å²) in [5, 5.41) is 0.684. The summed E-state index contributed by atoms with van der Waals surface area (Å²) in [5.74, 6) is 2.60. The van der Waals surface area contributed by atoms with E-state index < -0.39 is 0 Å². The van der Waals surface area contributed by atoms with Crippen LogP contribution in [-0.2, 0) is 11.3 Å². The highest BCUT2D eigenvalue weighted by Crippen LogP contribution is 2.38. The summed E-state index contributed by atoms with van der Waals surface area (Å²) in [5.41, 5.74) is 3.03. The van der Waals surface area contributed by atoms with Crippen molar-refractivity contribution in [2.75, 3.05) is 13.1 Å². The Kier molecular flexibility index (Phi) is 7.08. The summed E-state index contributed by atoms with van der Waals surface area (Å²) in [6.07, 6.45) is 2.73. The molecule has 1 aromatic heterocycles. The normalized spacial score (nSPS) is 16.3. The molecule has 3 aromatic rings. The first kappa shape index (κ1) is 22.3. The number of rotatable bonds is 8. The van der Waals surface area contributed by atoms with Gasteiger partial charge in [-0.2, -0.15) is 0 Å². The number of nitrogens with zero attached hydrogens (tertiary/aromatic N) is 2. The maximum absolute atomic E-state index is 11.2. The molecule has 0 spiro atoms. The van der Waals surface area contributed by atoms with Crippen molar-refractivity contribution < 1.29 is 14.3 Å². The van der Waals surface area contributed by atoms with E-state index >= 15 is 0 Å². The van der Waals surface area contributed by atoms with Crippen LogP contribution in [0.2, 0.25) is 5.02 Å². The molecule has 0 saturated carbocycles. The monoisotopic (exact) mass is 450 g/mol. The van der Waals surface area contributed by atoms with Crippen LogP contribution in [0.1, 0.15) is 48.9 Å². The third kappa shape index (κ3) is 5.12. The van der Waals surface area contributed by atoms with Crippen LogP contribution in [0.15, 0.2) is 60.8 Å². The summed E-state index contributed by atoms with van der Waals surface area (Å²) >= 11 is 6.28. The predicted octanol–water partition coefficient (Wildman–Crippen LogP) is 6.18. The fourth-order valence-corrected chi connectivity index (χ4v) is 4.40. The zero-order chi connectivity index (χ0) is 22.5. The van der Waals surface area contributed by atoms with E-state index in [1.807, 2.05) is 42.5 Å². The van der Waals surface area contributed by atoms with E-state index in [4.69, 9.17) is 21.1 Å². The van der Waals surface area contributed by atoms with Gasteiger partial charge in [0.05, 0.1) is 10.7 Å². The first-order valence-corrected chi connectivity index (χ1v) is 11.3. The number of benzene rings is 2. The minimum Gasteiger partial charge on any atom is -0.457 e. The van der Waals surface area contributed by atoms with E-state index in [2.05, 4.69) is 29.8 Å². The van der Waals surface area contributed by atoms with Gasteiger partial charge in [0.1, 0.15) is 17.2 Å². The maximum atomic E-state index is 11.2. The number of likely N-dealkylation sites (tertiary alicyclic amines) is 1. The zero-order valence-corrected chi connectivity index (χ0v) is 19.1. The molecule has 1 aliphatic rings. The molecule has 2 aromatic carbocycles. The summed E-state index contributed by atoms with van der Waals surface area (Å²) in [4.78, 5) is 17.9. The van der Waals surface area contributed by atoms with Crippen LogP contribution in [-0.4, -0.2) is 29.4 Å². The van der Waals surface area contributed by atoms with Crippen molar-refractivity contribution in [2.24, 2.45) is 0 Å². The molecule has 32 heavy (non-hydrogen) atoms. The molecule has 1 unspecified atom stereocenters. The highest BCUT2D eigenvalue weighted by molar-refractivity contribution is 6.31. The second-order valence-electron chi connectivity index (χ2n) is 8.36. The molecule has 1 atom stereocenters. The van der Waals surface area contributed by atoms with Crippen LogP contribution in [0.5, 0.6) is 17.2 Å². The molecule has 166 valence electrons. The van der Waals surface area contributed by atoms with E-state index in [9.17, 15) is 4.79 Å². The first-order chi connectivity index (χ1) is 15.5. The number of carbonyl (C=O) groups excluding carboxylic acids is 1. The molecular formula is C26H27ClN2O3. The largest absolute Gasteiger partial charge is 0.457 e. The van der Waals surface area contributed by atoms with Gasteiger partial charge >= 0.3 is 0 Å². The minimum absolute atomic E-state index is 0.254. The van der Waals surface area contributed by atoms with Crippen LogP contribution in [0.3, 0.4) is 0 Å². The van der Waals surface area contributed by atoms with Crippen LogP contribution in [0, 0.1) is 0 Å². The Morgan fingerprint density at radius 2 is 2.00 bits per heavy atom. The lowest BCUT2D eigenvalue weighted by Gasteiger charge is -2.19. The fraction of sp³-hybridized carbons (Fsp3) is 0.308. The van der Waals surface area contributed by atoms with E-state index in [1.165, 1.54) is 0 Å². The Balaban J connectivity index is 1.51. The summed E-state index contributed by atoms with van der Waals surface area (Å²) in [6, 6.07) is 17.5. The minimum atomic E-state index is 0.254. The fourth-order valence-electron chi connectivity index (χ4n) is 4.22. The summed E-state index contributed by atoms with van der Waals surface area (Å²) < 4.78 is 11.5. The molecular weight excluding hydrogens is 424 g/mol. The summed E-state index contributed by atoms with van der Waals surface area (Å²) in [6.45, 7) is 7.22. The quantitative estimate of drug-likeness (QED) is 0.384. The van der Waals surface area contributed by atoms with Crippen molar-refractivity contribution in [1.82, 2.24) is 9.88 Å². The molecule has 1 saturated heterocycles. The molecule has 0 aliphatic carbocycles. The number of hydrogen-bond donors (Lipinski definition) is 0. The number of hydrogen-bond acceptors (Lipinski definition) is 5. The lowest BCUT2D eigenvalue weighted by atomic mass is 9.97. The second kappa shape index (κ2) is 10.2. The molecule has 2 heterocycles. The molecule has 6 heteroatoms. The number of halogens is 1. The Bertz CT molecular complexity index is 1090. The van der Waals surface area contributed by atoms with E-state index in [-0.39, 0.29) is 5.92 Å². The number of aromatic nitrogens is 1. The van der Waals surface area contributed by atoms with Gasteiger partial charge in [-0.05, 0) is 54.3 Å². The van der Waals surface area contributed by atoms with Gasteiger partial charge in [-0.1, -0.05) is 49.7 Å². The lowest BCUT2D eigenvalue weighted by molar-refractivity contribution is -0.120. The van der Waals surface area contributed by atoms with Crippen LogP contribution in [0.4, 0.5) is 0 Å². The van der Waals surface area contributed by atoms with Crippen molar-refractivity contribution in [3.8, 4) is 17.2 Å². The molecule has 1 aliphatic heterocycles. The Labute approximate surface area is 193 Å². The maximum Gasteiger partial charge on any atom is 0.298 e. The smallest absolute Gasteiger partial charge is 0.298 e. The van der Waals surface area contributed by atoms with Gasteiger partial charge < -0.3 is 9.47 Å². The third-order valence-corrected chi connectivity index (χ3v) is 6.19. The number of pyridine rings is 1. The zero-order valence-electron chi connectivity index (χ0n) is 18.3. The Morgan fingerprint density at radius 1 is 1.16 bits per heavy atom. The summed E-state index contributed by atoms with van der Waals surface area (Å²) in [7, 11) is 0. The van der Waals surface area contributed by atoms with Crippen LogP contribution < -0.4 is 9.47 Å². The Hall–Kier alpha value is -2.89. The first-order valence-electron chi connectivity index (χ1n) is 10.9. The molecule has 0 N–H and O–H groups in total. The van der Waals surface area contributed by atoms with Gasteiger partial charge in [0, 0.05) is 31.3 Å². The number of ether oxygens (including phenoxy) is 2. The molecule has 0 bridgehead atoms. The topological polar surface area (TPSA) is 51.7 Å². The Morgan fingerprint density at radius 3 is 2.78 bits per heavy atom. The SMILES string of the molecule is CC(C)c1ccccc1Oc1ccc(C2CCN(Cc3ncccc3Cl)C2)c(OC=O)c1. The van der Waals surface area contributed by atoms with Gasteiger partial charge in [0.2, 0.25) is 0 Å². The predicted molar refractivity (Wildman–Crippen MR) is 126 cm³/mol. The van der Waals surface area contributed by atoms with E-state index in [0.29, 0.717) is 35.5 Å². The molecule has 1 fully saturated rings. The van der Waals surface area contributed by atoms with Gasteiger partial charge in [-0.3, -0.25) is 14.7 Å². The van der Waals surface area contributed by atoms with Gasteiger partial charge in [-0.15, -0.1) is 0 Å².